The van der Waals surface area contributed by atoms with E-state index >= 15 is 0 Å². The van der Waals surface area contributed by atoms with Gasteiger partial charge in [-0.1, -0.05) is 0 Å². The highest BCUT2D eigenvalue weighted by Gasteiger charge is 2.23. The lowest BCUT2D eigenvalue weighted by Gasteiger charge is -2.25. The second-order valence-corrected chi connectivity index (χ2v) is 5.02. The first kappa shape index (κ1) is 13.7. The summed E-state index contributed by atoms with van der Waals surface area (Å²) in [6, 6.07) is 5.32. The first-order chi connectivity index (χ1) is 8.88. The van der Waals surface area contributed by atoms with E-state index in [-0.39, 0.29) is 0 Å². The SMILES string of the molecule is Cn1nccc1CCC(C)(N)c1cc(F)cc(F)c1. The van der Waals surface area contributed by atoms with E-state index in [9.17, 15) is 8.78 Å². The quantitative estimate of drug-likeness (QED) is 0.923. The maximum Gasteiger partial charge on any atom is 0.126 e. The van der Waals surface area contributed by atoms with Gasteiger partial charge in [0.05, 0.1) is 0 Å². The van der Waals surface area contributed by atoms with Crippen molar-refractivity contribution in [3.63, 3.8) is 0 Å². The molecular formula is C14H17F2N3. The maximum absolute atomic E-state index is 13.2. The number of aromatic nitrogens is 2. The summed E-state index contributed by atoms with van der Waals surface area (Å²) in [4.78, 5) is 0. The molecule has 0 aliphatic carbocycles. The standard InChI is InChI=1S/C14H17F2N3/c1-14(17,5-3-13-4-6-18-19(13)2)10-7-11(15)9-12(16)8-10/h4,6-9H,3,5,17H2,1-2H3. The number of nitrogens with two attached hydrogens (primary N) is 1. The van der Waals surface area contributed by atoms with E-state index in [1.54, 1.807) is 17.8 Å². The second kappa shape index (κ2) is 5.09. The molecule has 0 saturated carbocycles. The molecule has 0 saturated heterocycles. The number of rotatable bonds is 4. The van der Waals surface area contributed by atoms with Gasteiger partial charge in [-0.3, -0.25) is 4.68 Å². The zero-order valence-electron chi connectivity index (χ0n) is 11.0. The van der Waals surface area contributed by atoms with Gasteiger partial charge in [0, 0.05) is 30.5 Å². The van der Waals surface area contributed by atoms with Gasteiger partial charge in [-0.25, -0.2) is 8.78 Å². The van der Waals surface area contributed by atoms with Crippen LogP contribution in [0.1, 0.15) is 24.6 Å². The number of hydrogen-bond donors (Lipinski definition) is 1. The van der Waals surface area contributed by atoms with Crippen molar-refractivity contribution in [1.82, 2.24) is 9.78 Å². The molecule has 19 heavy (non-hydrogen) atoms. The van der Waals surface area contributed by atoms with E-state index in [4.69, 9.17) is 5.73 Å². The molecule has 1 heterocycles. The molecule has 0 bridgehead atoms. The average molecular weight is 265 g/mol. The van der Waals surface area contributed by atoms with Crippen LogP contribution < -0.4 is 5.73 Å². The zero-order valence-corrected chi connectivity index (χ0v) is 11.0. The van der Waals surface area contributed by atoms with Crippen molar-refractivity contribution in [2.75, 3.05) is 0 Å². The van der Waals surface area contributed by atoms with Crippen LogP contribution in [0.15, 0.2) is 30.5 Å². The number of hydrogen-bond acceptors (Lipinski definition) is 2. The Kier molecular flexibility index (Phi) is 3.66. The lowest BCUT2D eigenvalue weighted by molar-refractivity contribution is 0.438. The maximum atomic E-state index is 13.2. The Morgan fingerprint density at radius 2 is 1.89 bits per heavy atom. The topological polar surface area (TPSA) is 43.8 Å². The van der Waals surface area contributed by atoms with Crippen molar-refractivity contribution in [3.8, 4) is 0 Å². The minimum absolute atomic E-state index is 0.465. The second-order valence-electron chi connectivity index (χ2n) is 5.02. The highest BCUT2D eigenvalue weighted by molar-refractivity contribution is 5.25. The van der Waals surface area contributed by atoms with Crippen LogP contribution in [-0.4, -0.2) is 9.78 Å². The molecule has 1 unspecified atom stereocenters. The van der Waals surface area contributed by atoms with Crippen LogP contribution in [-0.2, 0) is 19.0 Å². The van der Waals surface area contributed by atoms with Crippen LogP contribution in [0.3, 0.4) is 0 Å². The molecule has 2 rings (SSSR count). The fourth-order valence-electron chi connectivity index (χ4n) is 2.06. The van der Waals surface area contributed by atoms with Crippen molar-refractivity contribution in [2.24, 2.45) is 12.8 Å². The summed E-state index contributed by atoms with van der Waals surface area (Å²) in [5.41, 5.74) is 6.90. The van der Waals surface area contributed by atoms with Crippen molar-refractivity contribution in [2.45, 2.75) is 25.3 Å². The van der Waals surface area contributed by atoms with Gasteiger partial charge in [0.1, 0.15) is 11.6 Å². The van der Waals surface area contributed by atoms with E-state index in [2.05, 4.69) is 5.10 Å². The predicted molar refractivity (Wildman–Crippen MR) is 69.4 cm³/mol. The number of halogens is 2. The fourth-order valence-corrected chi connectivity index (χ4v) is 2.06. The van der Waals surface area contributed by atoms with Gasteiger partial charge in [-0.05, 0) is 43.5 Å². The van der Waals surface area contributed by atoms with E-state index in [0.29, 0.717) is 18.4 Å². The molecule has 102 valence electrons. The highest BCUT2D eigenvalue weighted by Crippen LogP contribution is 2.25. The van der Waals surface area contributed by atoms with Crippen molar-refractivity contribution in [3.05, 3.63) is 53.4 Å². The highest BCUT2D eigenvalue weighted by atomic mass is 19.1. The summed E-state index contributed by atoms with van der Waals surface area (Å²) in [7, 11) is 1.85. The first-order valence-corrected chi connectivity index (χ1v) is 6.11. The molecule has 2 aromatic rings. The van der Waals surface area contributed by atoms with E-state index in [1.807, 2.05) is 13.1 Å². The third-order valence-electron chi connectivity index (χ3n) is 3.34. The third-order valence-corrected chi connectivity index (χ3v) is 3.34. The van der Waals surface area contributed by atoms with Crippen LogP contribution in [0.2, 0.25) is 0 Å². The largest absolute Gasteiger partial charge is 0.322 e. The van der Waals surface area contributed by atoms with Gasteiger partial charge < -0.3 is 5.73 Å². The minimum atomic E-state index is -0.785. The summed E-state index contributed by atoms with van der Waals surface area (Å²) < 4.78 is 28.2. The molecule has 0 radical (unpaired) electrons. The van der Waals surface area contributed by atoms with Gasteiger partial charge in [-0.15, -0.1) is 0 Å². The van der Waals surface area contributed by atoms with Crippen LogP contribution in [0, 0.1) is 11.6 Å². The molecule has 0 amide bonds. The Balaban J connectivity index is 2.15. The zero-order chi connectivity index (χ0) is 14.0. The van der Waals surface area contributed by atoms with Gasteiger partial charge >= 0.3 is 0 Å². The molecule has 1 aromatic carbocycles. The van der Waals surface area contributed by atoms with Crippen LogP contribution in [0.5, 0.6) is 0 Å². The van der Waals surface area contributed by atoms with Crippen molar-refractivity contribution < 1.29 is 8.78 Å². The van der Waals surface area contributed by atoms with Gasteiger partial charge in [0.15, 0.2) is 0 Å². The van der Waals surface area contributed by atoms with Crippen molar-refractivity contribution >= 4 is 0 Å². The molecule has 3 nitrogen and oxygen atoms in total. The van der Waals surface area contributed by atoms with E-state index < -0.39 is 17.2 Å². The molecule has 5 heteroatoms. The smallest absolute Gasteiger partial charge is 0.126 e. The molecule has 1 atom stereocenters. The molecule has 0 aliphatic rings. The van der Waals surface area contributed by atoms with Gasteiger partial charge in [0.2, 0.25) is 0 Å². The molecular weight excluding hydrogens is 248 g/mol. The van der Waals surface area contributed by atoms with Crippen LogP contribution in [0.4, 0.5) is 8.78 Å². The Labute approximate surface area is 111 Å². The number of benzene rings is 1. The summed E-state index contributed by atoms with van der Waals surface area (Å²) >= 11 is 0. The Bertz CT molecular complexity index is 556. The Hall–Kier alpha value is -1.75. The summed E-state index contributed by atoms with van der Waals surface area (Å²) in [5.74, 6) is -1.21. The normalized spacial score (nSPS) is 14.4. The summed E-state index contributed by atoms with van der Waals surface area (Å²) in [6.45, 7) is 1.78. The molecule has 0 spiro atoms. The summed E-state index contributed by atoms with van der Waals surface area (Å²) in [5, 5.41) is 4.07. The third kappa shape index (κ3) is 3.17. The first-order valence-electron chi connectivity index (χ1n) is 6.11. The predicted octanol–water partition coefficient (Wildman–Crippen LogP) is 2.51. The molecule has 0 fully saturated rings. The fraction of sp³-hybridized carbons (Fsp3) is 0.357. The van der Waals surface area contributed by atoms with E-state index in [0.717, 1.165) is 11.8 Å². The minimum Gasteiger partial charge on any atom is -0.322 e. The number of nitrogens with zero attached hydrogens (tertiary/aromatic N) is 2. The van der Waals surface area contributed by atoms with Crippen molar-refractivity contribution in [1.29, 1.82) is 0 Å². The molecule has 2 N–H and O–H groups in total. The average Bonchev–Trinajstić information content (AvgIpc) is 2.71. The van der Waals surface area contributed by atoms with Gasteiger partial charge in [-0.2, -0.15) is 5.10 Å². The monoisotopic (exact) mass is 265 g/mol. The molecule has 1 aromatic heterocycles. The van der Waals surface area contributed by atoms with Crippen LogP contribution >= 0.6 is 0 Å². The lowest BCUT2D eigenvalue weighted by atomic mass is 9.88. The summed E-state index contributed by atoms with van der Waals surface area (Å²) in [6.07, 6.45) is 2.99. The van der Waals surface area contributed by atoms with Gasteiger partial charge in [0.25, 0.3) is 0 Å². The Morgan fingerprint density at radius 3 is 2.42 bits per heavy atom. The Morgan fingerprint density at radius 1 is 1.26 bits per heavy atom. The van der Waals surface area contributed by atoms with E-state index in [1.165, 1.54) is 12.1 Å². The number of aryl methyl sites for hydroxylation is 2. The van der Waals surface area contributed by atoms with Crippen LogP contribution in [0.25, 0.3) is 0 Å². The lowest BCUT2D eigenvalue weighted by Crippen LogP contribution is -2.34. The molecule has 0 aliphatic heterocycles.